The fourth-order valence-corrected chi connectivity index (χ4v) is 2.37. The van der Waals surface area contributed by atoms with Gasteiger partial charge in [0.25, 0.3) is 0 Å². The molecule has 1 aromatic carbocycles. The standard InChI is InChI=1S/C16H19N3O2/c1-10(16(17)20)14-9-15(11-3-4-11)19(18-14)12-5-7-13(21-2)8-6-12/h5-11H,3-4H2,1-2H3,(H2,17,20). The molecule has 1 aromatic heterocycles. The summed E-state index contributed by atoms with van der Waals surface area (Å²) in [5.74, 6) is 0.622. The molecule has 3 rings (SSSR count). The maximum absolute atomic E-state index is 11.4. The summed E-state index contributed by atoms with van der Waals surface area (Å²) in [5, 5.41) is 4.59. The zero-order valence-corrected chi connectivity index (χ0v) is 12.2. The fourth-order valence-electron chi connectivity index (χ4n) is 2.37. The minimum absolute atomic E-state index is 0.350. The number of methoxy groups -OCH3 is 1. The van der Waals surface area contributed by atoms with Crippen LogP contribution in [0.4, 0.5) is 0 Å². The number of nitrogens with two attached hydrogens (primary N) is 1. The Morgan fingerprint density at radius 2 is 2.05 bits per heavy atom. The Bertz CT molecular complexity index is 657. The second-order valence-corrected chi connectivity index (χ2v) is 5.50. The maximum atomic E-state index is 11.4. The van der Waals surface area contributed by atoms with Crippen molar-refractivity contribution in [3.8, 4) is 11.4 Å². The lowest BCUT2D eigenvalue weighted by Gasteiger charge is -2.07. The summed E-state index contributed by atoms with van der Waals surface area (Å²) in [5.41, 5.74) is 8.26. The minimum atomic E-state index is -0.373. The van der Waals surface area contributed by atoms with Crippen LogP contribution < -0.4 is 10.5 Å². The molecule has 1 heterocycles. The van der Waals surface area contributed by atoms with Gasteiger partial charge in [0.2, 0.25) is 5.91 Å². The number of nitrogens with zero attached hydrogens (tertiary/aromatic N) is 2. The number of rotatable bonds is 5. The molecule has 5 heteroatoms. The molecule has 1 amide bonds. The summed E-state index contributed by atoms with van der Waals surface area (Å²) < 4.78 is 7.10. The average Bonchev–Trinajstić information content (AvgIpc) is 3.25. The van der Waals surface area contributed by atoms with Gasteiger partial charge in [0.15, 0.2) is 0 Å². The summed E-state index contributed by atoms with van der Waals surface area (Å²) in [7, 11) is 1.64. The number of aromatic nitrogens is 2. The van der Waals surface area contributed by atoms with Gasteiger partial charge >= 0.3 is 0 Å². The SMILES string of the molecule is COc1ccc(-n2nc(C(C)C(N)=O)cc2C2CC2)cc1. The van der Waals surface area contributed by atoms with Crippen LogP contribution >= 0.6 is 0 Å². The highest BCUT2D eigenvalue weighted by Crippen LogP contribution is 2.41. The third kappa shape index (κ3) is 2.63. The van der Waals surface area contributed by atoms with Gasteiger partial charge in [0.05, 0.1) is 24.4 Å². The molecule has 1 atom stereocenters. The molecule has 0 bridgehead atoms. The highest BCUT2D eigenvalue weighted by Gasteiger charge is 2.30. The number of hydrogen-bond donors (Lipinski definition) is 1. The van der Waals surface area contributed by atoms with E-state index < -0.39 is 0 Å². The molecule has 0 aliphatic heterocycles. The molecule has 2 aromatic rings. The van der Waals surface area contributed by atoms with Crippen LogP contribution in [0.25, 0.3) is 5.69 Å². The summed E-state index contributed by atoms with van der Waals surface area (Å²) in [6.45, 7) is 1.79. The second-order valence-electron chi connectivity index (χ2n) is 5.50. The first-order chi connectivity index (χ1) is 10.1. The Morgan fingerprint density at radius 3 is 2.57 bits per heavy atom. The van der Waals surface area contributed by atoms with Crippen molar-refractivity contribution in [2.45, 2.75) is 31.6 Å². The Kier molecular flexibility index (Phi) is 3.41. The van der Waals surface area contributed by atoms with Crippen LogP contribution in [0.5, 0.6) is 5.75 Å². The summed E-state index contributed by atoms with van der Waals surface area (Å²) in [6, 6.07) is 9.76. The van der Waals surface area contributed by atoms with Crippen LogP contribution in [0.1, 0.15) is 43.0 Å². The third-order valence-corrected chi connectivity index (χ3v) is 3.94. The molecule has 21 heavy (non-hydrogen) atoms. The van der Waals surface area contributed by atoms with Crippen molar-refractivity contribution in [3.63, 3.8) is 0 Å². The lowest BCUT2D eigenvalue weighted by atomic mass is 10.1. The Balaban J connectivity index is 2.01. The van der Waals surface area contributed by atoms with Crippen LogP contribution in [0.3, 0.4) is 0 Å². The first kappa shape index (κ1) is 13.7. The van der Waals surface area contributed by atoms with Gasteiger partial charge in [-0.1, -0.05) is 0 Å². The Hall–Kier alpha value is -2.30. The number of amides is 1. The van der Waals surface area contributed by atoms with E-state index in [1.165, 1.54) is 12.8 Å². The van der Waals surface area contributed by atoms with E-state index >= 15 is 0 Å². The van der Waals surface area contributed by atoms with Gasteiger partial charge in [-0.25, -0.2) is 4.68 Å². The van der Waals surface area contributed by atoms with Gasteiger partial charge in [-0.3, -0.25) is 4.79 Å². The first-order valence-corrected chi connectivity index (χ1v) is 7.13. The van der Waals surface area contributed by atoms with E-state index in [2.05, 4.69) is 5.10 Å². The number of primary amides is 1. The van der Waals surface area contributed by atoms with E-state index in [1.54, 1.807) is 14.0 Å². The van der Waals surface area contributed by atoms with Gasteiger partial charge in [0, 0.05) is 11.6 Å². The van der Waals surface area contributed by atoms with E-state index in [0.29, 0.717) is 5.92 Å². The van der Waals surface area contributed by atoms with Crippen molar-refractivity contribution in [2.24, 2.45) is 5.73 Å². The molecule has 110 valence electrons. The van der Waals surface area contributed by atoms with Crippen molar-refractivity contribution in [1.29, 1.82) is 0 Å². The van der Waals surface area contributed by atoms with Crippen molar-refractivity contribution in [1.82, 2.24) is 9.78 Å². The molecular formula is C16H19N3O2. The number of carbonyl (C=O) groups is 1. The molecule has 0 spiro atoms. The van der Waals surface area contributed by atoms with Crippen molar-refractivity contribution >= 4 is 5.91 Å². The lowest BCUT2D eigenvalue weighted by molar-refractivity contribution is -0.119. The normalized spacial score (nSPS) is 15.7. The summed E-state index contributed by atoms with van der Waals surface area (Å²) in [6.07, 6.45) is 2.35. The Morgan fingerprint density at radius 1 is 1.38 bits per heavy atom. The van der Waals surface area contributed by atoms with Gasteiger partial charge < -0.3 is 10.5 Å². The van der Waals surface area contributed by atoms with E-state index in [4.69, 9.17) is 10.5 Å². The number of ether oxygens (including phenoxy) is 1. The quantitative estimate of drug-likeness (QED) is 0.916. The highest BCUT2D eigenvalue weighted by molar-refractivity contribution is 5.80. The van der Waals surface area contributed by atoms with Crippen LogP contribution in [-0.2, 0) is 4.79 Å². The van der Waals surface area contributed by atoms with Crippen molar-refractivity contribution in [3.05, 3.63) is 41.7 Å². The monoisotopic (exact) mass is 285 g/mol. The van der Waals surface area contributed by atoms with Gasteiger partial charge in [-0.2, -0.15) is 5.10 Å². The number of hydrogen-bond acceptors (Lipinski definition) is 3. The van der Waals surface area contributed by atoms with Gasteiger partial charge in [-0.15, -0.1) is 0 Å². The van der Waals surface area contributed by atoms with Crippen molar-refractivity contribution < 1.29 is 9.53 Å². The van der Waals surface area contributed by atoms with Crippen LogP contribution in [0.2, 0.25) is 0 Å². The average molecular weight is 285 g/mol. The van der Waals surface area contributed by atoms with E-state index in [1.807, 2.05) is 35.0 Å². The van der Waals surface area contributed by atoms with E-state index in [9.17, 15) is 4.79 Å². The maximum Gasteiger partial charge on any atom is 0.226 e. The van der Waals surface area contributed by atoms with E-state index in [-0.39, 0.29) is 11.8 Å². The second kappa shape index (κ2) is 5.24. The minimum Gasteiger partial charge on any atom is -0.497 e. The molecule has 0 saturated heterocycles. The molecule has 1 aliphatic carbocycles. The molecule has 0 radical (unpaired) electrons. The van der Waals surface area contributed by atoms with Gasteiger partial charge in [0.1, 0.15) is 5.75 Å². The van der Waals surface area contributed by atoms with Crippen LogP contribution in [0.15, 0.2) is 30.3 Å². The smallest absolute Gasteiger partial charge is 0.226 e. The zero-order chi connectivity index (χ0) is 15.0. The predicted molar refractivity (Wildman–Crippen MR) is 79.7 cm³/mol. The van der Waals surface area contributed by atoms with Crippen LogP contribution in [0, 0.1) is 0 Å². The first-order valence-electron chi connectivity index (χ1n) is 7.13. The zero-order valence-electron chi connectivity index (χ0n) is 12.2. The lowest BCUT2D eigenvalue weighted by Crippen LogP contribution is -2.19. The van der Waals surface area contributed by atoms with E-state index in [0.717, 1.165) is 22.8 Å². The third-order valence-electron chi connectivity index (χ3n) is 3.94. The Labute approximate surface area is 123 Å². The molecule has 1 saturated carbocycles. The predicted octanol–water partition coefficient (Wildman–Crippen LogP) is 2.35. The molecule has 2 N–H and O–H groups in total. The molecule has 1 fully saturated rings. The summed E-state index contributed by atoms with van der Waals surface area (Å²) >= 11 is 0. The van der Waals surface area contributed by atoms with Crippen LogP contribution in [-0.4, -0.2) is 22.8 Å². The molecule has 5 nitrogen and oxygen atoms in total. The number of benzene rings is 1. The van der Waals surface area contributed by atoms with Crippen molar-refractivity contribution in [2.75, 3.05) is 7.11 Å². The van der Waals surface area contributed by atoms with Gasteiger partial charge in [-0.05, 0) is 50.1 Å². The highest BCUT2D eigenvalue weighted by atomic mass is 16.5. The fraction of sp³-hybridized carbons (Fsp3) is 0.375. The topological polar surface area (TPSA) is 70.1 Å². The molecule has 1 unspecified atom stereocenters. The number of carbonyl (C=O) groups excluding carboxylic acids is 1. The molecule has 1 aliphatic rings. The molecular weight excluding hydrogens is 266 g/mol. The summed E-state index contributed by atoms with van der Waals surface area (Å²) in [4.78, 5) is 11.4. The largest absolute Gasteiger partial charge is 0.497 e.